The van der Waals surface area contributed by atoms with E-state index < -0.39 is 27.9 Å². The maximum Gasteiger partial charge on any atom is 0.416 e. The topological polar surface area (TPSA) is 72.4 Å². The Morgan fingerprint density at radius 3 is 2.37 bits per heavy atom. The third-order valence-corrected chi connectivity index (χ3v) is 6.10. The smallest absolute Gasteiger partial charge is 0.416 e. The van der Waals surface area contributed by atoms with Crippen LogP contribution in [0.4, 0.5) is 13.2 Å². The zero-order valence-electron chi connectivity index (χ0n) is 13.9. The third-order valence-electron chi connectivity index (χ3n) is 4.03. The van der Waals surface area contributed by atoms with Crippen LogP contribution in [0.5, 0.6) is 6.01 Å². The van der Waals surface area contributed by atoms with Crippen LogP contribution in [0.15, 0.2) is 41.6 Å². The monoisotopic (exact) mass is 421 g/mol. The minimum Gasteiger partial charge on any atom is -0.459 e. The van der Waals surface area contributed by atoms with Crippen molar-refractivity contribution in [2.24, 2.45) is 0 Å². The molecule has 0 radical (unpaired) electrons. The van der Waals surface area contributed by atoms with Crippen LogP contribution in [0.1, 0.15) is 18.4 Å². The molecule has 27 heavy (non-hydrogen) atoms. The summed E-state index contributed by atoms with van der Waals surface area (Å²) in [6.45, 7) is 0.306. The van der Waals surface area contributed by atoms with E-state index in [1.54, 1.807) is 0 Å². The highest BCUT2D eigenvalue weighted by Crippen LogP contribution is 2.30. The molecule has 1 fully saturated rings. The van der Waals surface area contributed by atoms with Gasteiger partial charge in [-0.05, 0) is 37.1 Å². The van der Waals surface area contributed by atoms with Crippen molar-refractivity contribution in [3.8, 4) is 6.01 Å². The summed E-state index contributed by atoms with van der Waals surface area (Å²) in [5.41, 5.74) is -0.902. The molecule has 0 N–H and O–H groups in total. The Hall–Kier alpha value is -1.91. The third kappa shape index (κ3) is 4.69. The molecule has 2 heterocycles. The Bertz CT molecular complexity index is 890. The van der Waals surface area contributed by atoms with Crippen molar-refractivity contribution >= 4 is 21.6 Å². The maximum absolute atomic E-state index is 12.7. The van der Waals surface area contributed by atoms with Gasteiger partial charge in [0.15, 0.2) is 0 Å². The van der Waals surface area contributed by atoms with Gasteiger partial charge in [0, 0.05) is 6.54 Å². The lowest BCUT2D eigenvalue weighted by molar-refractivity contribution is -0.137. The summed E-state index contributed by atoms with van der Waals surface area (Å²) in [5, 5.41) is 0.345. The summed E-state index contributed by atoms with van der Waals surface area (Å²) in [7, 11) is -3.93. The number of benzene rings is 1. The molecule has 1 saturated heterocycles. The van der Waals surface area contributed by atoms with E-state index in [4.69, 9.17) is 16.3 Å². The van der Waals surface area contributed by atoms with Gasteiger partial charge in [-0.25, -0.2) is 18.4 Å². The average Bonchev–Trinajstić information content (AvgIpc) is 2.63. The van der Waals surface area contributed by atoms with E-state index in [-0.39, 0.29) is 24.0 Å². The van der Waals surface area contributed by atoms with E-state index in [1.807, 2.05) is 0 Å². The first-order valence-electron chi connectivity index (χ1n) is 7.98. The molecule has 0 aliphatic carbocycles. The van der Waals surface area contributed by atoms with Crippen LogP contribution in [0.3, 0.4) is 0 Å². The molecule has 11 heteroatoms. The van der Waals surface area contributed by atoms with Crippen LogP contribution in [0.25, 0.3) is 0 Å². The van der Waals surface area contributed by atoms with Crippen molar-refractivity contribution in [3.05, 3.63) is 47.2 Å². The largest absolute Gasteiger partial charge is 0.459 e. The standard InChI is InChI=1S/C16H15ClF3N3O3S/c17-12-8-21-15(22-9-12)26-13-2-1-7-23(10-13)27(24,25)14-5-3-11(4-6-14)16(18,19)20/h3-6,8-9,13H,1-2,7,10H2. The summed E-state index contributed by atoms with van der Waals surface area (Å²) in [5.74, 6) is 0. The Balaban J connectivity index is 1.73. The second-order valence-electron chi connectivity index (χ2n) is 5.95. The predicted molar refractivity (Wildman–Crippen MR) is 90.9 cm³/mol. The zero-order chi connectivity index (χ0) is 19.7. The zero-order valence-corrected chi connectivity index (χ0v) is 15.4. The summed E-state index contributed by atoms with van der Waals surface area (Å²) < 4.78 is 70.2. The van der Waals surface area contributed by atoms with E-state index in [2.05, 4.69) is 9.97 Å². The lowest BCUT2D eigenvalue weighted by Gasteiger charge is -2.31. The number of ether oxygens (including phenoxy) is 1. The molecule has 2 aromatic rings. The highest BCUT2D eigenvalue weighted by molar-refractivity contribution is 7.89. The minimum atomic E-state index is -4.52. The SMILES string of the molecule is O=S(=O)(c1ccc(C(F)(F)F)cc1)N1CCCC(Oc2ncc(Cl)cn2)C1. The average molecular weight is 422 g/mol. The van der Waals surface area contributed by atoms with Crippen LogP contribution < -0.4 is 4.74 Å². The van der Waals surface area contributed by atoms with Gasteiger partial charge in [0.2, 0.25) is 10.0 Å². The van der Waals surface area contributed by atoms with E-state index in [0.717, 1.165) is 24.3 Å². The highest BCUT2D eigenvalue weighted by Gasteiger charge is 2.34. The number of alkyl halides is 3. The van der Waals surface area contributed by atoms with Crippen LogP contribution in [-0.4, -0.2) is 41.9 Å². The molecule has 0 saturated carbocycles. The number of rotatable bonds is 4. The first kappa shape index (κ1) is 19.8. The maximum atomic E-state index is 12.7. The number of aromatic nitrogens is 2. The molecule has 1 aliphatic rings. The molecular formula is C16H15ClF3N3O3S. The van der Waals surface area contributed by atoms with Crippen LogP contribution >= 0.6 is 11.6 Å². The Kier molecular flexibility index (Phi) is 5.59. The van der Waals surface area contributed by atoms with Gasteiger partial charge in [0.05, 0.1) is 34.4 Å². The van der Waals surface area contributed by atoms with Gasteiger partial charge in [-0.3, -0.25) is 0 Å². The van der Waals surface area contributed by atoms with E-state index in [9.17, 15) is 21.6 Å². The number of hydrogen-bond acceptors (Lipinski definition) is 5. The van der Waals surface area contributed by atoms with E-state index in [0.29, 0.717) is 17.9 Å². The second kappa shape index (κ2) is 7.61. The number of hydrogen-bond donors (Lipinski definition) is 0. The van der Waals surface area contributed by atoms with E-state index >= 15 is 0 Å². The quantitative estimate of drug-likeness (QED) is 0.756. The van der Waals surface area contributed by atoms with Gasteiger partial charge in [-0.1, -0.05) is 11.6 Å². The molecule has 1 aromatic carbocycles. The van der Waals surface area contributed by atoms with Crippen molar-refractivity contribution in [1.82, 2.24) is 14.3 Å². The predicted octanol–water partition coefficient (Wildman–Crippen LogP) is 3.38. The van der Waals surface area contributed by atoms with Gasteiger partial charge in [-0.2, -0.15) is 17.5 Å². The van der Waals surface area contributed by atoms with E-state index in [1.165, 1.54) is 16.7 Å². The Morgan fingerprint density at radius 1 is 1.15 bits per heavy atom. The number of halogens is 4. The fourth-order valence-corrected chi connectivity index (χ4v) is 4.30. The first-order chi connectivity index (χ1) is 12.7. The molecule has 0 spiro atoms. The minimum absolute atomic E-state index is 0.0509. The molecule has 0 bridgehead atoms. The molecule has 1 aliphatic heterocycles. The summed E-state index contributed by atoms with van der Waals surface area (Å²) in [6.07, 6.45) is -1.12. The lowest BCUT2D eigenvalue weighted by Crippen LogP contribution is -2.44. The van der Waals surface area contributed by atoms with Gasteiger partial charge in [0.1, 0.15) is 6.10 Å². The molecule has 1 aromatic heterocycles. The van der Waals surface area contributed by atoms with Gasteiger partial charge < -0.3 is 4.74 Å². The highest BCUT2D eigenvalue weighted by atomic mass is 35.5. The molecule has 3 rings (SSSR count). The molecule has 146 valence electrons. The Labute approximate surface area is 159 Å². The van der Waals surface area contributed by atoms with Crippen LogP contribution in [0, 0.1) is 0 Å². The normalized spacial score (nSPS) is 19.0. The van der Waals surface area contributed by atoms with Crippen molar-refractivity contribution in [2.45, 2.75) is 30.0 Å². The van der Waals surface area contributed by atoms with Gasteiger partial charge in [-0.15, -0.1) is 0 Å². The molecule has 1 unspecified atom stereocenters. The van der Waals surface area contributed by atoms with Crippen LogP contribution in [-0.2, 0) is 16.2 Å². The lowest BCUT2D eigenvalue weighted by atomic mass is 10.1. The van der Waals surface area contributed by atoms with Crippen molar-refractivity contribution in [3.63, 3.8) is 0 Å². The van der Waals surface area contributed by atoms with Crippen LogP contribution in [0.2, 0.25) is 5.02 Å². The fraction of sp³-hybridized carbons (Fsp3) is 0.375. The molecule has 1 atom stereocenters. The number of piperidine rings is 1. The van der Waals surface area contributed by atoms with Gasteiger partial charge >= 0.3 is 12.2 Å². The van der Waals surface area contributed by atoms with Crippen molar-refractivity contribution in [2.75, 3.05) is 13.1 Å². The molecule has 0 amide bonds. The van der Waals surface area contributed by atoms with Crippen molar-refractivity contribution < 1.29 is 26.3 Å². The van der Waals surface area contributed by atoms with Crippen molar-refractivity contribution in [1.29, 1.82) is 0 Å². The summed E-state index contributed by atoms with van der Waals surface area (Å²) in [6, 6.07) is 3.52. The number of sulfonamides is 1. The summed E-state index contributed by atoms with van der Waals surface area (Å²) in [4.78, 5) is 7.63. The molecular weight excluding hydrogens is 407 g/mol. The summed E-state index contributed by atoms with van der Waals surface area (Å²) >= 11 is 5.71. The first-order valence-corrected chi connectivity index (χ1v) is 9.80. The Morgan fingerprint density at radius 2 is 1.78 bits per heavy atom. The molecule has 6 nitrogen and oxygen atoms in total. The number of nitrogens with zero attached hydrogens (tertiary/aromatic N) is 3. The fourth-order valence-electron chi connectivity index (χ4n) is 2.69. The second-order valence-corrected chi connectivity index (χ2v) is 8.33. The van der Waals surface area contributed by atoms with Gasteiger partial charge in [0.25, 0.3) is 0 Å².